The van der Waals surface area contributed by atoms with Crippen molar-refractivity contribution in [2.24, 2.45) is 12.0 Å². The number of aryl methyl sites for hydroxylation is 3. The van der Waals surface area contributed by atoms with Crippen LogP contribution >= 0.6 is 11.3 Å². The van der Waals surface area contributed by atoms with Gasteiger partial charge < -0.3 is 16.6 Å². The maximum atomic E-state index is 13.0. The van der Waals surface area contributed by atoms with Crippen molar-refractivity contribution in [3.63, 3.8) is 0 Å². The zero-order valence-corrected chi connectivity index (χ0v) is 17.6. The van der Waals surface area contributed by atoms with Crippen LogP contribution in [0.4, 0.5) is 17.2 Å². The number of aliphatic imine (C=N–C) groups is 1. The fourth-order valence-corrected chi connectivity index (χ4v) is 4.42. The van der Waals surface area contributed by atoms with Gasteiger partial charge in [-0.1, -0.05) is 22.9 Å². The average molecular weight is 435 g/mol. The van der Waals surface area contributed by atoms with E-state index in [2.05, 4.69) is 15.2 Å². The summed E-state index contributed by atoms with van der Waals surface area (Å²) >= 11 is 0.999. The number of anilines is 2. The van der Waals surface area contributed by atoms with Gasteiger partial charge in [-0.05, 0) is 30.2 Å². The maximum absolute atomic E-state index is 13.0. The summed E-state index contributed by atoms with van der Waals surface area (Å²) in [6.45, 7) is 3.72. The van der Waals surface area contributed by atoms with E-state index >= 15 is 0 Å². The summed E-state index contributed by atoms with van der Waals surface area (Å²) in [6, 6.07) is 7.56. The number of benzene rings is 1. The summed E-state index contributed by atoms with van der Waals surface area (Å²) < 4.78 is 6.13. The molecule has 4 rings (SSSR count). The van der Waals surface area contributed by atoms with Crippen LogP contribution in [0.25, 0.3) is 21.5 Å². The molecule has 0 atom stereocenters. The van der Waals surface area contributed by atoms with Crippen molar-refractivity contribution < 1.29 is 14.3 Å². The number of nitriles is 1. The number of rotatable bonds is 3. The van der Waals surface area contributed by atoms with Gasteiger partial charge in [-0.3, -0.25) is 9.52 Å². The first kappa shape index (κ1) is 20.1. The number of hydrogen-bond donors (Lipinski definition) is 3. The van der Waals surface area contributed by atoms with E-state index in [1.54, 1.807) is 0 Å². The predicted octanol–water partition coefficient (Wildman–Crippen LogP) is 1.16. The van der Waals surface area contributed by atoms with Crippen molar-refractivity contribution in [1.29, 1.82) is 5.26 Å². The van der Waals surface area contributed by atoms with E-state index in [1.165, 1.54) is 11.7 Å². The number of nitrogens with two attached hydrogens (primary N) is 2. The Morgan fingerprint density at radius 3 is 2.61 bits per heavy atom. The second-order valence-electron chi connectivity index (χ2n) is 6.93. The number of hydrogen-bond acceptors (Lipinski definition) is 9. The minimum absolute atomic E-state index is 0.0332. The molecular formula is C20H17N7O3S. The molecule has 0 fully saturated rings. The monoisotopic (exact) mass is 435 g/mol. The molecule has 5 N–H and O–H groups in total. The van der Waals surface area contributed by atoms with Crippen LogP contribution in [0.3, 0.4) is 0 Å². The number of H-pyrrole nitrogens is 1. The Labute approximate surface area is 179 Å². The van der Waals surface area contributed by atoms with Crippen molar-refractivity contribution in [3.8, 4) is 17.3 Å². The third-order valence-electron chi connectivity index (χ3n) is 4.90. The van der Waals surface area contributed by atoms with Gasteiger partial charge >= 0.3 is 11.3 Å². The van der Waals surface area contributed by atoms with Gasteiger partial charge in [0.25, 0.3) is 0 Å². The van der Waals surface area contributed by atoms with E-state index in [1.807, 2.05) is 38.1 Å². The fourth-order valence-electron chi connectivity index (χ4n) is 3.42. The predicted molar refractivity (Wildman–Crippen MR) is 115 cm³/mol. The maximum Gasteiger partial charge on any atom is 0.435 e. The molecule has 1 aromatic carbocycles. The number of aromatic amines is 1. The molecule has 3 aromatic heterocycles. The molecule has 11 heteroatoms. The average Bonchev–Trinajstić information content (AvgIpc) is 3.22. The highest BCUT2D eigenvalue weighted by Gasteiger charge is 2.31. The van der Waals surface area contributed by atoms with Crippen LogP contribution in [-0.2, 0) is 7.05 Å². The lowest BCUT2D eigenvalue weighted by Crippen LogP contribution is -2.34. The first-order chi connectivity index (χ1) is 14.7. The van der Waals surface area contributed by atoms with Crippen LogP contribution < -0.4 is 26.9 Å². The molecule has 0 aliphatic heterocycles. The van der Waals surface area contributed by atoms with E-state index in [4.69, 9.17) is 16.0 Å². The molecule has 0 aliphatic carbocycles. The summed E-state index contributed by atoms with van der Waals surface area (Å²) in [6.07, 6.45) is 0. The molecule has 0 unspecified atom stereocenters. The molecule has 0 spiro atoms. The van der Waals surface area contributed by atoms with Gasteiger partial charge in [0.05, 0.1) is 27.2 Å². The van der Waals surface area contributed by atoms with Crippen molar-refractivity contribution in [2.45, 2.75) is 13.8 Å². The summed E-state index contributed by atoms with van der Waals surface area (Å²) in [5.41, 5.74) is 14.1. The first-order valence-electron chi connectivity index (χ1n) is 9.06. The second-order valence-corrected chi connectivity index (χ2v) is 7.93. The van der Waals surface area contributed by atoms with Crippen LogP contribution in [0.2, 0.25) is 0 Å². The third kappa shape index (κ3) is 3.10. The molecular weight excluding hydrogens is 418 g/mol. The van der Waals surface area contributed by atoms with Crippen LogP contribution in [0.15, 0.2) is 32.5 Å². The molecule has 0 saturated carbocycles. The SMILES string of the molecule is Cc1cccc(C)c1N=C([O-])c1sc2nc(N)c(C#N)c(-c3c(=O)o[nH][n+]3C)c2c1N. The van der Waals surface area contributed by atoms with Gasteiger partial charge in [-0.25, -0.2) is 9.78 Å². The lowest BCUT2D eigenvalue weighted by molar-refractivity contribution is -0.730. The Balaban J connectivity index is 2.05. The fraction of sp³-hybridized carbons (Fsp3) is 0.150. The molecule has 31 heavy (non-hydrogen) atoms. The van der Waals surface area contributed by atoms with Crippen molar-refractivity contribution in [1.82, 2.24) is 10.3 Å². The van der Waals surface area contributed by atoms with Crippen LogP contribution in [0.5, 0.6) is 0 Å². The number of para-hydroxylation sites is 1. The minimum atomic E-state index is -0.718. The van der Waals surface area contributed by atoms with Crippen LogP contribution in [0, 0.1) is 25.2 Å². The molecule has 156 valence electrons. The van der Waals surface area contributed by atoms with E-state index in [0.717, 1.165) is 22.5 Å². The normalized spacial score (nSPS) is 11.7. The number of pyridine rings is 1. The Kier molecular flexibility index (Phi) is 4.71. The molecule has 4 aromatic rings. The van der Waals surface area contributed by atoms with Crippen LogP contribution in [-0.4, -0.2) is 16.2 Å². The number of nitrogen functional groups attached to an aromatic ring is 2. The Morgan fingerprint density at radius 1 is 1.35 bits per heavy atom. The summed E-state index contributed by atoms with van der Waals surface area (Å²) in [4.78, 5) is 21.3. The van der Waals surface area contributed by atoms with E-state index < -0.39 is 11.5 Å². The minimum Gasteiger partial charge on any atom is -0.858 e. The van der Waals surface area contributed by atoms with Crippen molar-refractivity contribution in [2.75, 3.05) is 11.5 Å². The van der Waals surface area contributed by atoms with Gasteiger partial charge in [0.15, 0.2) is 7.05 Å². The summed E-state index contributed by atoms with van der Waals surface area (Å²) in [5, 5.41) is 25.4. The molecule has 0 bridgehead atoms. The largest absolute Gasteiger partial charge is 0.858 e. The number of nitrogens with zero attached hydrogens (tertiary/aromatic N) is 4. The van der Waals surface area contributed by atoms with Gasteiger partial charge in [0.1, 0.15) is 22.3 Å². The highest BCUT2D eigenvalue weighted by atomic mass is 32.1. The zero-order chi connectivity index (χ0) is 22.4. The molecule has 0 amide bonds. The van der Waals surface area contributed by atoms with Crippen molar-refractivity contribution >= 4 is 44.6 Å². The molecule has 0 radical (unpaired) electrons. The van der Waals surface area contributed by atoms with E-state index in [0.29, 0.717) is 10.5 Å². The van der Waals surface area contributed by atoms with Crippen LogP contribution in [0.1, 0.15) is 21.6 Å². The number of aromatic nitrogens is 3. The topological polar surface area (TPSA) is 174 Å². The molecule has 3 heterocycles. The van der Waals surface area contributed by atoms with Gasteiger partial charge in [0, 0.05) is 5.90 Å². The third-order valence-corrected chi connectivity index (χ3v) is 5.99. The lowest BCUT2D eigenvalue weighted by atomic mass is 10.0. The first-order valence-corrected chi connectivity index (χ1v) is 9.88. The quantitative estimate of drug-likeness (QED) is 0.246. The molecule has 0 saturated heterocycles. The number of fused-ring (bicyclic) bond motifs is 1. The highest BCUT2D eigenvalue weighted by Crippen LogP contribution is 2.41. The van der Waals surface area contributed by atoms with Crippen molar-refractivity contribution in [3.05, 3.63) is 50.2 Å². The standard InChI is InChI=1S/C20H17N7O3S/c1-8-5-4-6-9(2)14(8)24-18(28)16-13(22)12-11(15-20(29)30-26-27(15)3)10(7-21)17(23)25-19(12)31-16/h4-6H,1-3H3,(H5-,22,23,24,25,26,28,29). The Hall–Kier alpha value is -4.17. The Bertz CT molecular complexity index is 1470. The van der Waals surface area contributed by atoms with E-state index in [-0.39, 0.29) is 38.6 Å². The Morgan fingerprint density at radius 2 is 2.03 bits per heavy atom. The lowest BCUT2D eigenvalue weighted by Gasteiger charge is -2.12. The summed E-state index contributed by atoms with van der Waals surface area (Å²) in [5.74, 6) is -0.635. The van der Waals surface area contributed by atoms with Gasteiger partial charge in [-0.2, -0.15) is 5.26 Å². The van der Waals surface area contributed by atoms with E-state index in [9.17, 15) is 15.2 Å². The van der Waals surface area contributed by atoms with Gasteiger partial charge in [-0.15, -0.1) is 11.3 Å². The molecule has 10 nitrogen and oxygen atoms in total. The van der Waals surface area contributed by atoms with Gasteiger partial charge in [0.2, 0.25) is 0 Å². The number of nitrogens with one attached hydrogen (secondary N) is 1. The highest BCUT2D eigenvalue weighted by molar-refractivity contribution is 7.21. The zero-order valence-electron chi connectivity index (χ0n) is 16.8. The second kappa shape index (κ2) is 7.26. The number of thiophene rings is 1. The molecule has 0 aliphatic rings. The summed E-state index contributed by atoms with van der Waals surface area (Å²) in [7, 11) is 1.54. The smallest absolute Gasteiger partial charge is 0.435 e.